The number of imidazole rings is 1. The van der Waals surface area contributed by atoms with Crippen molar-refractivity contribution in [3.05, 3.63) is 52.3 Å². The standard InChI is InChI=1S/C12H13N3O2S/c1-2-14-7-6-13-12(14)18-9-10-4-3-5-11(8-10)15(16)17/h3-8H,2,9H2,1H3. The number of non-ortho nitro benzene ring substituents is 1. The van der Waals surface area contributed by atoms with E-state index in [0.29, 0.717) is 5.75 Å². The molecule has 0 atom stereocenters. The van der Waals surface area contributed by atoms with Crippen LogP contribution < -0.4 is 0 Å². The first kappa shape index (κ1) is 12.6. The molecule has 94 valence electrons. The Hall–Kier alpha value is -1.82. The molecule has 0 bridgehead atoms. The zero-order chi connectivity index (χ0) is 13.0. The van der Waals surface area contributed by atoms with Crippen LogP contribution in [0.25, 0.3) is 0 Å². The molecule has 2 aromatic rings. The quantitative estimate of drug-likeness (QED) is 0.472. The van der Waals surface area contributed by atoms with E-state index in [1.54, 1.807) is 30.1 Å². The highest BCUT2D eigenvalue weighted by molar-refractivity contribution is 7.98. The number of hydrogen-bond donors (Lipinski definition) is 0. The first-order valence-electron chi connectivity index (χ1n) is 5.58. The lowest BCUT2D eigenvalue weighted by atomic mass is 10.2. The molecule has 0 aliphatic heterocycles. The third-order valence-corrected chi connectivity index (χ3v) is 3.58. The van der Waals surface area contributed by atoms with Gasteiger partial charge in [0.2, 0.25) is 0 Å². The lowest BCUT2D eigenvalue weighted by Gasteiger charge is -2.04. The summed E-state index contributed by atoms with van der Waals surface area (Å²) in [5.74, 6) is 0.679. The summed E-state index contributed by atoms with van der Waals surface area (Å²) in [6.07, 6.45) is 3.69. The van der Waals surface area contributed by atoms with E-state index in [2.05, 4.69) is 11.9 Å². The summed E-state index contributed by atoms with van der Waals surface area (Å²) in [6, 6.07) is 6.70. The van der Waals surface area contributed by atoms with Gasteiger partial charge < -0.3 is 4.57 Å². The van der Waals surface area contributed by atoms with E-state index in [9.17, 15) is 10.1 Å². The molecule has 0 amide bonds. The van der Waals surface area contributed by atoms with Crippen molar-refractivity contribution in [1.82, 2.24) is 9.55 Å². The molecule has 0 spiro atoms. The summed E-state index contributed by atoms with van der Waals surface area (Å²) in [7, 11) is 0. The third kappa shape index (κ3) is 2.89. The number of nitrogens with zero attached hydrogens (tertiary/aromatic N) is 3. The SMILES string of the molecule is CCn1ccnc1SCc1cccc([N+](=O)[O-])c1. The summed E-state index contributed by atoms with van der Waals surface area (Å²) in [5, 5.41) is 11.6. The molecular formula is C12H13N3O2S. The van der Waals surface area contributed by atoms with Crippen LogP contribution in [-0.4, -0.2) is 14.5 Å². The van der Waals surface area contributed by atoms with Gasteiger partial charge in [0, 0.05) is 36.8 Å². The van der Waals surface area contributed by atoms with Gasteiger partial charge in [-0.15, -0.1) is 0 Å². The van der Waals surface area contributed by atoms with Gasteiger partial charge in [0.1, 0.15) is 0 Å². The summed E-state index contributed by atoms with van der Waals surface area (Å²) in [5.41, 5.74) is 1.06. The molecule has 6 heteroatoms. The van der Waals surface area contributed by atoms with Crippen LogP contribution in [-0.2, 0) is 12.3 Å². The van der Waals surface area contributed by atoms with Crippen LogP contribution in [0.4, 0.5) is 5.69 Å². The molecule has 1 aromatic heterocycles. The molecule has 1 aromatic carbocycles. The number of nitro benzene ring substituents is 1. The van der Waals surface area contributed by atoms with Crippen molar-refractivity contribution >= 4 is 17.4 Å². The van der Waals surface area contributed by atoms with E-state index in [4.69, 9.17) is 0 Å². The third-order valence-electron chi connectivity index (χ3n) is 2.51. The maximum absolute atomic E-state index is 10.7. The second-order valence-electron chi connectivity index (χ2n) is 3.71. The Morgan fingerprint density at radius 2 is 2.33 bits per heavy atom. The Morgan fingerprint density at radius 3 is 3.06 bits per heavy atom. The van der Waals surface area contributed by atoms with Crippen molar-refractivity contribution in [2.75, 3.05) is 0 Å². The first-order chi connectivity index (χ1) is 8.70. The number of rotatable bonds is 5. The van der Waals surface area contributed by atoms with Crippen molar-refractivity contribution in [3.8, 4) is 0 Å². The molecule has 1 heterocycles. The van der Waals surface area contributed by atoms with Crippen LogP contribution in [0.1, 0.15) is 12.5 Å². The van der Waals surface area contributed by atoms with Crippen molar-refractivity contribution in [2.24, 2.45) is 0 Å². The van der Waals surface area contributed by atoms with Crippen molar-refractivity contribution in [3.63, 3.8) is 0 Å². The minimum absolute atomic E-state index is 0.131. The van der Waals surface area contributed by atoms with Gasteiger partial charge in [0.05, 0.1) is 4.92 Å². The number of thioether (sulfide) groups is 1. The lowest BCUT2D eigenvalue weighted by Crippen LogP contribution is -1.95. The zero-order valence-corrected chi connectivity index (χ0v) is 10.8. The van der Waals surface area contributed by atoms with E-state index in [-0.39, 0.29) is 10.6 Å². The van der Waals surface area contributed by atoms with Crippen LogP contribution in [0.3, 0.4) is 0 Å². The highest BCUT2D eigenvalue weighted by atomic mass is 32.2. The van der Waals surface area contributed by atoms with Crippen LogP contribution in [0.5, 0.6) is 0 Å². The molecule has 0 N–H and O–H groups in total. The fourth-order valence-corrected chi connectivity index (χ4v) is 2.55. The van der Waals surface area contributed by atoms with Crippen LogP contribution in [0.15, 0.2) is 41.8 Å². The van der Waals surface area contributed by atoms with Crippen LogP contribution in [0.2, 0.25) is 0 Å². The largest absolute Gasteiger partial charge is 0.326 e. The Kier molecular flexibility index (Phi) is 3.99. The topological polar surface area (TPSA) is 61.0 Å². The Balaban J connectivity index is 2.06. The molecule has 0 aliphatic rings. The number of hydrogen-bond acceptors (Lipinski definition) is 4. The minimum Gasteiger partial charge on any atom is -0.326 e. The second kappa shape index (κ2) is 5.68. The summed E-state index contributed by atoms with van der Waals surface area (Å²) in [6.45, 7) is 2.93. The maximum Gasteiger partial charge on any atom is 0.269 e. The van der Waals surface area contributed by atoms with Gasteiger partial charge >= 0.3 is 0 Å². The molecule has 0 saturated carbocycles. The van der Waals surface area contributed by atoms with Crippen LogP contribution >= 0.6 is 11.8 Å². The van der Waals surface area contributed by atoms with Gasteiger partial charge in [-0.25, -0.2) is 4.98 Å². The van der Waals surface area contributed by atoms with Crippen LogP contribution in [0, 0.1) is 10.1 Å². The van der Waals surface area contributed by atoms with Gasteiger partial charge in [-0.05, 0) is 12.5 Å². The molecular weight excluding hydrogens is 250 g/mol. The highest BCUT2D eigenvalue weighted by Gasteiger charge is 2.07. The average molecular weight is 263 g/mol. The Bertz CT molecular complexity index is 554. The van der Waals surface area contributed by atoms with E-state index in [1.807, 2.05) is 16.8 Å². The molecule has 0 saturated heterocycles. The first-order valence-corrected chi connectivity index (χ1v) is 6.56. The minimum atomic E-state index is -0.374. The van der Waals surface area contributed by atoms with Gasteiger partial charge in [0.25, 0.3) is 5.69 Å². The fourth-order valence-electron chi connectivity index (χ4n) is 1.58. The number of benzene rings is 1. The molecule has 18 heavy (non-hydrogen) atoms. The summed E-state index contributed by atoms with van der Waals surface area (Å²) < 4.78 is 2.04. The monoisotopic (exact) mass is 263 g/mol. The molecule has 0 radical (unpaired) electrons. The molecule has 2 rings (SSSR count). The van der Waals surface area contributed by atoms with Gasteiger partial charge in [-0.3, -0.25) is 10.1 Å². The van der Waals surface area contributed by atoms with Gasteiger partial charge in [-0.2, -0.15) is 0 Å². The number of aryl methyl sites for hydroxylation is 1. The molecule has 5 nitrogen and oxygen atoms in total. The van der Waals surface area contributed by atoms with E-state index in [1.165, 1.54) is 6.07 Å². The Morgan fingerprint density at radius 1 is 1.50 bits per heavy atom. The van der Waals surface area contributed by atoms with Crippen molar-refractivity contribution in [1.29, 1.82) is 0 Å². The van der Waals surface area contributed by atoms with Crippen molar-refractivity contribution in [2.45, 2.75) is 24.4 Å². The maximum atomic E-state index is 10.7. The number of aromatic nitrogens is 2. The fraction of sp³-hybridized carbons (Fsp3) is 0.250. The lowest BCUT2D eigenvalue weighted by molar-refractivity contribution is -0.384. The normalized spacial score (nSPS) is 10.5. The second-order valence-corrected chi connectivity index (χ2v) is 4.65. The molecule has 0 unspecified atom stereocenters. The highest BCUT2D eigenvalue weighted by Crippen LogP contribution is 2.23. The molecule has 0 aliphatic carbocycles. The predicted octanol–water partition coefficient (Wildman–Crippen LogP) is 3.10. The summed E-state index contributed by atoms with van der Waals surface area (Å²) in [4.78, 5) is 14.5. The van der Waals surface area contributed by atoms with E-state index < -0.39 is 0 Å². The van der Waals surface area contributed by atoms with Crippen molar-refractivity contribution < 1.29 is 4.92 Å². The van der Waals surface area contributed by atoms with Gasteiger partial charge in [-0.1, -0.05) is 23.9 Å². The van der Waals surface area contributed by atoms with Gasteiger partial charge in [0.15, 0.2) is 5.16 Å². The zero-order valence-electron chi connectivity index (χ0n) is 9.94. The van der Waals surface area contributed by atoms with E-state index >= 15 is 0 Å². The van der Waals surface area contributed by atoms with E-state index in [0.717, 1.165) is 17.3 Å². The average Bonchev–Trinajstić information content (AvgIpc) is 2.84. The smallest absolute Gasteiger partial charge is 0.269 e. The Labute approximate surface area is 109 Å². The predicted molar refractivity (Wildman–Crippen MR) is 70.6 cm³/mol. The summed E-state index contributed by atoms with van der Waals surface area (Å²) >= 11 is 1.58. The number of nitro groups is 1. The molecule has 0 fully saturated rings.